The molecule has 2 N–H and O–H groups in total. The molecule has 0 unspecified atom stereocenters. The highest BCUT2D eigenvalue weighted by Gasteiger charge is 2.17. The van der Waals surface area contributed by atoms with Gasteiger partial charge in [0.05, 0.1) is 0 Å². The van der Waals surface area contributed by atoms with Crippen LogP contribution in [0.2, 0.25) is 0 Å². The Kier molecular flexibility index (Phi) is 5.09. The molecule has 4 nitrogen and oxygen atoms in total. The van der Waals surface area contributed by atoms with Gasteiger partial charge in [0.25, 0.3) is 0 Å². The average molecular weight is 279 g/mol. The van der Waals surface area contributed by atoms with Crippen molar-refractivity contribution in [1.29, 1.82) is 0 Å². The van der Waals surface area contributed by atoms with E-state index in [9.17, 15) is 9.18 Å². The van der Waals surface area contributed by atoms with Crippen LogP contribution in [0, 0.1) is 5.82 Å². The number of hydrogen-bond donors (Lipinski definition) is 1. The summed E-state index contributed by atoms with van der Waals surface area (Å²) in [5.74, 6) is -0.0713. The first-order chi connectivity index (χ1) is 9.60. The van der Waals surface area contributed by atoms with Crippen LogP contribution in [-0.2, 0) is 17.9 Å². The largest absolute Gasteiger partial charge is 0.342 e. The van der Waals surface area contributed by atoms with Gasteiger partial charge in [-0.25, -0.2) is 4.39 Å². The summed E-state index contributed by atoms with van der Waals surface area (Å²) in [5, 5.41) is 0. The van der Waals surface area contributed by atoms with Crippen molar-refractivity contribution in [3.8, 4) is 0 Å². The molecule has 110 valence electrons. The summed E-state index contributed by atoms with van der Waals surface area (Å²) >= 11 is 0. The summed E-state index contributed by atoms with van der Waals surface area (Å²) in [6.45, 7) is 5.77. The highest BCUT2D eigenvalue weighted by Crippen LogP contribution is 2.14. The van der Waals surface area contributed by atoms with E-state index in [2.05, 4.69) is 4.90 Å². The molecule has 0 aliphatic carbocycles. The third-order valence-electron chi connectivity index (χ3n) is 3.77. The van der Waals surface area contributed by atoms with E-state index < -0.39 is 0 Å². The lowest BCUT2D eigenvalue weighted by atomic mass is 10.1. The standard InChI is InChI=1S/C15H22FN3O/c1-12(20)19-6-2-5-18(7-8-19)11-14-9-13(10-17)3-4-15(14)16/h3-4,9H,2,5-8,10-11,17H2,1H3. The fourth-order valence-corrected chi connectivity index (χ4v) is 2.56. The van der Waals surface area contributed by atoms with Crippen LogP contribution < -0.4 is 5.73 Å². The predicted octanol–water partition coefficient (Wildman–Crippen LogP) is 1.34. The second-order valence-corrected chi connectivity index (χ2v) is 5.27. The van der Waals surface area contributed by atoms with E-state index in [1.165, 1.54) is 6.07 Å². The van der Waals surface area contributed by atoms with E-state index in [1.807, 2.05) is 11.0 Å². The molecule has 5 heteroatoms. The first-order valence-electron chi connectivity index (χ1n) is 7.05. The molecule has 2 rings (SSSR count). The van der Waals surface area contributed by atoms with Gasteiger partial charge < -0.3 is 10.6 Å². The Hall–Kier alpha value is -1.46. The van der Waals surface area contributed by atoms with Crippen molar-refractivity contribution in [2.24, 2.45) is 5.73 Å². The monoisotopic (exact) mass is 279 g/mol. The van der Waals surface area contributed by atoms with Gasteiger partial charge in [0.2, 0.25) is 5.91 Å². The Morgan fingerprint density at radius 3 is 2.80 bits per heavy atom. The molecule has 0 spiro atoms. The Morgan fingerprint density at radius 2 is 2.10 bits per heavy atom. The van der Waals surface area contributed by atoms with Gasteiger partial charge in [0.15, 0.2) is 0 Å². The van der Waals surface area contributed by atoms with Crippen LogP contribution in [0.25, 0.3) is 0 Å². The second kappa shape index (κ2) is 6.81. The molecule has 20 heavy (non-hydrogen) atoms. The number of carbonyl (C=O) groups excluding carboxylic acids is 1. The zero-order valence-electron chi connectivity index (χ0n) is 11.9. The number of nitrogens with zero attached hydrogens (tertiary/aromatic N) is 2. The second-order valence-electron chi connectivity index (χ2n) is 5.27. The summed E-state index contributed by atoms with van der Waals surface area (Å²) in [6, 6.07) is 5.04. The van der Waals surface area contributed by atoms with Crippen molar-refractivity contribution in [3.63, 3.8) is 0 Å². The minimum absolute atomic E-state index is 0.114. The Labute approximate surface area is 119 Å². The van der Waals surface area contributed by atoms with Crippen molar-refractivity contribution in [3.05, 3.63) is 35.1 Å². The first-order valence-corrected chi connectivity index (χ1v) is 7.05. The molecule has 1 heterocycles. The van der Waals surface area contributed by atoms with Gasteiger partial charge in [0.1, 0.15) is 5.82 Å². The van der Waals surface area contributed by atoms with Gasteiger partial charge in [-0.15, -0.1) is 0 Å². The number of benzene rings is 1. The SMILES string of the molecule is CC(=O)N1CCCN(Cc2cc(CN)ccc2F)CC1. The number of amides is 1. The minimum atomic E-state index is -0.185. The van der Waals surface area contributed by atoms with E-state index in [0.717, 1.165) is 31.6 Å². The smallest absolute Gasteiger partial charge is 0.219 e. The maximum absolute atomic E-state index is 13.8. The summed E-state index contributed by atoms with van der Waals surface area (Å²) < 4.78 is 13.8. The topological polar surface area (TPSA) is 49.6 Å². The molecule has 1 fully saturated rings. The molecule has 1 aliphatic heterocycles. The van der Waals surface area contributed by atoms with Crippen LogP contribution in [0.4, 0.5) is 4.39 Å². The normalized spacial score (nSPS) is 17.1. The van der Waals surface area contributed by atoms with E-state index in [0.29, 0.717) is 25.2 Å². The van der Waals surface area contributed by atoms with Crippen LogP contribution >= 0.6 is 0 Å². The van der Waals surface area contributed by atoms with Crippen molar-refractivity contribution in [1.82, 2.24) is 9.80 Å². The molecule has 1 aliphatic rings. The molecule has 0 aromatic heterocycles. The van der Waals surface area contributed by atoms with Crippen molar-refractivity contribution < 1.29 is 9.18 Å². The van der Waals surface area contributed by atoms with E-state index in [1.54, 1.807) is 13.0 Å². The number of nitrogens with two attached hydrogens (primary N) is 1. The van der Waals surface area contributed by atoms with E-state index >= 15 is 0 Å². The highest BCUT2D eigenvalue weighted by molar-refractivity contribution is 5.73. The zero-order chi connectivity index (χ0) is 14.5. The zero-order valence-corrected chi connectivity index (χ0v) is 11.9. The predicted molar refractivity (Wildman–Crippen MR) is 76.4 cm³/mol. The fourth-order valence-electron chi connectivity index (χ4n) is 2.56. The maximum Gasteiger partial charge on any atom is 0.219 e. The average Bonchev–Trinajstić information content (AvgIpc) is 2.67. The lowest BCUT2D eigenvalue weighted by Gasteiger charge is -2.21. The third-order valence-corrected chi connectivity index (χ3v) is 3.77. The van der Waals surface area contributed by atoms with Crippen LogP contribution in [0.3, 0.4) is 0 Å². The quantitative estimate of drug-likeness (QED) is 0.908. The highest BCUT2D eigenvalue weighted by atomic mass is 19.1. The maximum atomic E-state index is 13.8. The minimum Gasteiger partial charge on any atom is -0.342 e. The summed E-state index contributed by atoms with van der Waals surface area (Å²) in [4.78, 5) is 15.4. The molecule has 1 amide bonds. The Balaban J connectivity index is 2.01. The van der Waals surface area contributed by atoms with Gasteiger partial charge in [-0.3, -0.25) is 9.69 Å². The summed E-state index contributed by atoms with van der Waals surface area (Å²) in [5.41, 5.74) is 7.23. The molecular weight excluding hydrogens is 257 g/mol. The molecule has 1 saturated heterocycles. The van der Waals surface area contributed by atoms with E-state index in [4.69, 9.17) is 5.73 Å². The molecule has 1 aromatic carbocycles. The van der Waals surface area contributed by atoms with Crippen molar-refractivity contribution in [2.75, 3.05) is 26.2 Å². The van der Waals surface area contributed by atoms with Gasteiger partial charge in [0, 0.05) is 51.8 Å². The van der Waals surface area contributed by atoms with Gasteiger partial charge in [-0.2, -0.15) is 0 Å². The Bertz CT molecular complexity index is 478. The van der Waals surface area contributed by atoms with Crippen molar-refractivity contribution in [2.45, 2.75) is 26.4 Å². The lowest BCUT2D eigenvalue weighted by Crippen LogP contribution is -2.33. The first kappa shape index (κ1) is 14.9. The summed E-state index contributed by atoms with van der Waals surface area (Å²) in [7, 11) is 0. The molecule has 0 radical (unpaired) electrons. The van der Waals surface area contributed by atoms with Crippen LogP contribution in [0.1, 0.15) is 24.5 Å². The van der Waals surface area contributed by atoms with Gasteiger partial charge in [-0.1, -0.05) is 12.1 Å². The van der Waals surface area contributed by atoms with Gasteiger partial charge >= 0.3 is 0 Å². The number of carbonyl (C=O) groups is 1. The Morgan fingerprint density at radius 1 is 1.30 bits per heavy atom. The summed E-state index contributed by atoms with van der Waals surface area (Å²) in [6.07, 6.45) is 0.928. The van der Waals surface area contributed by atoms with Crippen LogP contribution in [-0.4, -0.2) is 41.9 Å². The number of rotatable bonds is 3. The van der Waals surface area contributed by atoms with Crippen molar-refractivity contribution >= 4 is 5.91 Å². The van der Waals surface area contributed by atoms with E-state index in [-0.39, 0.29) is 11.7 Å². The fraction of sp³-hybridized carbons (Fsp3) is 0.533. The number of hydrogen-bond acceptors (Lipinski definition) is 3. The van der Waals surface area contributed by atoms with Crippen LogP contribution in [0.15, 0.2) is 18.2 Å². The molecule has 0 bridgehead atoms. The van der Waals surface area contributed by atoms with Crippen LogP contribution in [0.5, 0.6) is 0 Å². The molecule has 0 saturated carbocycles. The molecule has 0 atom stereocenters. The molecule has 1 aromatic rings. The third kappa shape index (κ3) is 3.77. The molecular formula is C15H22FN3O. The lowest BCUT2D eigenvalue weighted by molar-refractivity contribution is -0.128. The number of halogens is 1. The van der Waals surface area contributed by atoms with Gasteiger partial charge in [-0.05, 0) is 18.1 Å².